The number of tetrazole rings is 1. The van der Waals surface area contributed by atoms with Gasteiger partial charge in [0.05, 0.1) is 11.8 Å². The number of ketones is 1. The lowest BCUT2D eigenvalue weighted by atomic mass is 10.1. The fourth-order valence-electron chi connectivity index (χ4n) is 2.61. The normalized spacial score (nSPS) is 15.5. The highest BCUT2D eigenvalue weighted by molar-refractivity contribution is 7.99. The predicted molar refractivity (Wildman–Crippen MR) is 81.6 cm³/mol. The van der Waals surface area contributed by atoms with Crippen molar-refractivity contribution in [1.29, 1.82) is 0 Å². The second kappa shape index (κ2) is 6.39. The zero-order valence-electron chi connectivity index (χ0n) is 12.0. The van der Waals surface area contributed by atoms with Crippen molar-refractivity contribution in [2.45, 2.75) is 43.8 Å². The highest BCUT2D eigenvalue weighted by Crippen LogP contribution is 2.31. The van der Waals surface area contributed by atoms with Gasteiger partial charge in [-0.15, -0.1) is 5.10 Å². The van der Waals surface area contributed by atoms with Crippen molar-refractivity contribution >= 4 is 17.5 Å². The molecule has 0 N–H and O–H groups in total. The van der Waals surface area contributed by atoms with Crippen LogP contribution in [0.1, 0.15) is 47.6 Å². The Bertz CT molecular complexity index is 617. The fourth-order valence-corrected chi connectivity index (χ4v) is 3.45. The van der Waals surface area contributed by atoms with Crippen LogP contribution in [0.2, 0.25) is 0 Å². The smallest absolute Gasteiger partial charge is 0.210 e. The van der Waals surface area contributed by atoms with Crippen LogP contribution in [0, 0.1) is 6.92 Å². The number of aromatic nitrogens is 4. The van der Waals surface area contributed by atoms with Crippen molar-refractivity contribution in [3.63, 3.8) is 0 Å². The van der Waals surface area contributed by atoms with E-state index in [2.05, 4.69) is 15.5 Å². The fraction of sp³-hybridized carbons (Fsp3) is 0.467. The van der Waals surface area contributed by atoms with Gasteiger partial charge in [0.1, 0.15) is 0 Å². The van der Waals surface area contributed by atoms with Crippen LogP contribution >= 0.6 is 11.8 Å². The van der Waals surface area contributed by atoms with Crippen molar-refractivity contribution < 1.29 is 4.79 Å². The molecule has 0 atom stereocenters. The Hall–Kier alpha value is -1.69. The van der Waals surface area contributed by atoms with Gasteiger partial charge >= 0.3 is 0 Å². The summed E-state index contributed by atoms with van der Waals surface area (Å²) in [4.78, 5) is 12.2. The number of hydrogen-bond donors (Lipinski definition) is 0. The molecule has 0 bridgehead atoms. The molecule has 0 aliphatic heterocycles. The monoisotopic (exact) mass is 302 g/mol. The molecule has 1 fully saturated rings. The highest BCUT2D eigenvalue weighted by atomic mass is 32.2. The summed E-state index contributed by atoms with van der Waals surface area (Å²) in [6, 6.07) is 8.06. The lowest BCUT2D eigenvalue weighted by Crippen LogP contribution is -2.10. The first-order valence-electron chi connectivity index (χ1n) is 7.24. The standard InChI is InChI=1S/C15H18N4OS/c1-11-6-8-12(9-7-11)14(20)10-21-15-16-17-18-19(15)13-4-2-3-5-13/h6-9,13H,2-5,10H2,1H3. The first-order chi connectivity index (χ1) is 10.2. The zero-order valence-corrected chi connectivity index (χ0v) is 12.8. The molecule has 0 unspecified atom stereocenters. The molecular weight excluding hydrogens is 284 g/mol. The van der Waals surface area contributed by atoms with Crippen LogP contribution in [0.15, 0.2) is 29.4 Å². The van der Waals surface area contributed by atoms with Gasteiger partial charge in [-0.25, -0.2) is 4.68 Å². The van der Waals surface area contributed by atoms with Crippen LogP contribution in [-0.4, -0.2) is 31.7 Å². The van der Waals surface area contributed by atoms with E-state index in [0.29, 0.717) is 11.8 Å². The van der Waals surface area contributed by atoms with E-state index >= 15 is 0 Å². The second-order valence-corrected chi connectivity index (χ2v) is 6.36. The number of aryl methyl sites for hydroxylation is 1. The van der Waals surface area contributed by atoms with Gasteiger partial charge in [0.25, 0.3) is 0 Å². The molecule has 1 saturated carbocycles. The van der Waals surface area contributed by atoms with E-state index in [9.17, 15) is 4.79 Å². The van der Waals surface area contributed by atoms with Gasteiger partial charge in [-0.05, 0) is 30.2 Å². The Morgan fingerprint density at radius 1 is 1.29 bits per heavy atom. The average Bonchev–Trinajstić information content (AvgIpc) is 3.16. The van der Waals surface area contributed by atoms with Crippen LogP contribution in [-0.2, 0) is 0 Å². The molecule has 1 aromatic heterocycles. The second-order valence-electron chi connectivity index (χ2n) is 5.42. The Labute approximate surface area is 128 Å². The highest BCUT2D eigenvalue weighted by Gasteiger charge is 2.22. The molecule has 3 rings (SSSR count). The van der Waals surface area contributed by atoms with Crippen molar-refractivity contribution in [2.75, 3.05) is 5.75 Å². The van der Waals surface area contributed by atoms with E-state index in [4.69, 9.17) is 0 Å². The molecule has 1 heterocycles. The summed E-state index contributed by atoms with van der Waals surface area (Å²) in [5.74, 6) is 0.483. The van der Waals surface area contributed by atoms with Crippen LogP contribution < -0.4 is 0 Å². The topological polar surface area (TPSA) is 60.7 Å². The number of carbonyl (C=O) groups excluding carboxylic acids is 1. The summed E-state index contributed by atoms with van der Waals surface area (Å²) in [5, 5.41) is 12.6. The lowest BCUT2D eigenvalue weighted by Gasteiger charge is -2.10. The van der Waals surface area contributed by atoms with Crippen molar-refractivity contribution in [2.24, 2.45) is 0 Å². The maximum Gasteiger partial charge on any atom is 0.210 e. The van der Waals surface area contributed by atoms with E-state index in [1.165, 1.54) is 24.6 Å². The molecule has 0 spiro atoms. The van der Waals surface area contributed by atoms with E-state index in [0.717, 1.165) is 29.1 Å². The Morgan fingerprint density at radius 3 is 2.71 bits per heavy atom. The zero-order chi connectivity index (χ0) is 14.7. The van der Waals surface area contributed by atoms with Crippen LogP contribution in [0.3, 0.4) is 0 Å². The van der Waals surface area contributed by atoms with Crippen molar-refractivity contribution in [3.8, 4) is 0 Å². The number of rotatable bonds is 5. The lowest BCUT2D eigenvalue weighted by molar-refractivity contribution is 0.102. The third kappa shape index (κ3) is 3.32. The Morgan fingerprint density at radius 2 is 2.00 bits per heavy atom. The summed E-state index contributed by atoms with van der Waals surface area (Å²) in [7, 11) is 0. The number of thioether (sulfide) groups is 1. The molecule has 0 radical (unpaired) electrons. The van der Waals surface area contributed by atoms with E-state index in [1.54, 1.807) is 0 Å². The van der Waals surface area contributed by atoms with Crippen molar-refractivity contribution in [1.82, 2.24) is 20.2 Å². The maximum atomic E-state index is 12.2. The van der Waals surface area contributed by atoms with Gasteiger partial charge in [-0.2, -0.15) is 0 Å². The van der Waals surface area contributed by atoms with E-state index < -0.39 is 0 Å². The third-order valence-electron chi connectivity index (χ3n) is 3.84. The molecule has 6 heteroatoms. The van der Waals surface area contributed by atoms with E-state index in [1.807, 2.05) is 35.9 Å². The molecule has 1 aliphatic carbocycles. The van der Waals surface area contributed by atoms with Crippen LogP contribution in [0.4, 0.5) is 0 Å². The number of carbonyl (C=O) groups is 1. The van der Waals surface area contributed by atoms with Gasteiger partial charge < -0.3 is 0 Å². The van der Waals surface area contributed by atoms with Gasteiger partial charge in [0.15, 0.2) is 5.78 Å². The predicted octanol–water partition coefficient (Wildman–Crippen LogP) is 3.07. The molecule has 110 valence electrons. The van der Waals surface area contributed by atoms with Gasteiger partial charge in [0, 0.05) is 5.56 Å². The molecule has 0 saturated heterocycles. The number of benzene rings is 1. The largest absolute Gasteiger partial charge is 0.293 e. The minimum Gasteiger partial charge on any atom is -0.293 e. The molecule has 5 nitrogen and oxygen atoms in total. The van der Waals surface area contributed by atoms with Gasteiger partial charge in [-0.1, -0.05) is 54.4 Å². The molecule has 0 amide bonds. The number of Topliss-reactive ketones (excluding diaryl/α,β-unsaturated/α-hetero) is 1. The van der Waals surface area contributed by atoms with Gasteiger partial charge in [0.2, 0.25) is 5.16 Å². The summed E-state index contributed by atoms with van der Waals surface area (Å²) < 4.78 is 1.89. The SMILES string of the molecule is Cc1ccc(C(=O)CSc2nnnn2C2CCCC2)cc1. The molecular formula is C15H18N4OS. The minimum atomic E-state index is 0.112. The molecule has 1 aromatic carbocycles. The number of nitrogens with zero attached hydrogens (tertiary/aromatic N) is 4. The average molecular weight is 302 g/mol. The first kappa shape index (κ1) is 14.3. The summed E-state index contributed by atoms with van der Waals surface area (Å²) in [6.07, 6.45) is 4.73. The Balaban J connectivity index is 1.63. The third-order valence-corrected chi connectivity index (χ3v) is 4.77. The molecule has 2 aromatic rings. The van der Waals surface area contributed by atoms with Gasteiger partial charge in [-0.3, -0.25) is 4.79 Å². The first-order valence-corrected chi connectivity index (χ1v) is 8.23. The number of hydrogen-bond acceptors (Lipinski definition) is 5. The minimum absolute atomic E-state index is 0.112. The summed E-state index contributed by atoms with van der Waals surface area (Å²) >= 11 is 1.43. The summed E-state index contributed by atoms with van der Waals surface area (Å²) in [6.45, 7) is 2.01. The molecule has 21 heavy (non-hydrogen) atoms. The van der Waals surface area contributed by atoms with Crippen LogP contribution in [0.25, 0.3) is 0 Å². The maximum absolute atomic E-state index is 12.2. The van der Waals surface area contributed by atoms with Crippen LogP contribution in [0.5, 0.6) is 0 Å². The summed E-state index contributed by atoms with van der Waals surface area (Å²) in [5.41, 5.74) is 1.90. The Kier molecular flexibility index (Phi) is 4.34. The van der Waals surface area contributed by atoms with E-state index in [-0.39, 0.29) is 5.78 Å². The quantitative estimate of drug-likeness (QED) is 0.627. The molecule has 1 aliphatic rings. The van der Waals surface area contributed by atoms with Crippen molar-refractivity contribution in [3.05, 3.63) is 35.4 Å².